The summed E-state index contributed by atoms with van der Waals surface area (Å²) in [6.07, 6.45) is 1.44. The van der Waals surface area contributed by atoms with E-state index in [2.05, 4.69) is 37.2 Å². The molecule has 0 saturated heterocycles. The molecule has 1 aromatic carbocycles. The van der Waals surface area contributed by atoms with Crippen molar-refractivity contribution in [1.82, 2.24) is 4.57 Å². The summed E-state index contributed by atoms with van der Waals surface area (Å²) >= 11 is 6.43. The van der Waals surface area contributed by atoms with Gasteiger partial charge < -0.3 is 15.6 Å². The highest BCUT2D eigenvalue weighted by Crippen LogP contribution is 2.14. The fraction of sp³-hybridized carbons (Fsp3) is 0.0769. The van der Waals surface area contributed by atoms with E-state index < -0.39 is 0 Å². The largest absolute Gasteiger partial charge is 0.398 e. The van der Waals surface area contributed by atoms with E-state index in [1.165, 1.54) is 16.8 Å². The number of aromatic nitrogens is 1. The molecule has 0 spiro atoms. The highest BCUT2D eigenvalue weighted by Gasteiger charge is 2.08. The number of pyridine rings is 1. The van der Waals surface area contributed by atoms with Gasteiger partial charge in [-0.2, -0.15) is 0 Å². The molecule has 0 saturated carbocycles. The van der Waals surface area contributed by atoms with E-state index in [-0.39, 0.29) is 18.0 Å². The molecule has 0 aliphatic rings. The van der Waals surface area contributed by atoms with Gasteiger partial charge in [-0.05, 0) is 46.3 Å². The Morgan fingerprint density at radius 2 is 1.90 bits per heavy atom. The van der Waals surface area contributed by atoms with Gasteiger partial charge in [0.2, 0.25) is 5.91 Å². The number of rotatable bonds is 3. The fourth-order valence-electron chi connectivity index (χ4n) is 1.63. The van der Waals surface area contributed by atoms with Crippen LogP contribution in [0.4, 0.5) is 11.4 Å². The maximum atomic E-state index is 11.9. The third-order valence-electron chi connectivity index (χ3n) is 2.51. The van der Waals surface area contributed by atoms with Crippen LogP contribution < -0.4 is 16.6 Å². The predicted molar refractivity (Wildman–Crippen MR) is 85.6 cm³/mol. The van der Waals surface area contributed by atoms with Gasteiger partial charge in [-0.3, -0.25) is 9.59 Å². The van der Waals surface area contributed by atoms with Crippen molar-refractivity contribution in [2.75, 3.05) is 11.1 Å². The number of hydrogen-bond donors (Lipinski definition) is 2. The molecule has 2 rings (SSSR count). The number of carbonyl (C=O) groups is 1. The number of hydrogen-bond acceptors (Lipinski definition) is 3. The Bertz CT molecular complexity index is 696. The highest BCUT2D eigenvalue weighted by molar-refractivity contribution is 9.10. The van der Waals surface area contributed by atoms with Crippen molar-refractivity contribution in [1.29, 1.82) is 0 Å². The molecule has 104 valence electrons. The average Bonchev–Trinajstić information content (AvgIpc) is 2.38. The molecule has 0 fully saturated rings. The summed E-state index contributed by atoms with van der Waals surface area (Å²) in [5.74, 6) is -0.299. The van der Waals surface area contributed by atoms with Gasteiger partial charge in [0.15, 0.2) is 0 Å². The fourth-order valence-corrected chi connectivity index (χ4v) is 2.38. The van der Waals surface area contributed by atoms with E-state index in [1.54, 1.807) is 12.1 Å². The van der Waals surface area contributed by atoms with Gasteiger partial charge in [-0.15, -0.1) is 0 Å². The normalized spacial score (nSPS) is 10.3. The number of carbonyl (C=O) groups excluding carboxylic acids is 1. The molecule has 0 unspecified atom stereocenters. The van der Waals surface area contributed by atoms with E-state index >= 15 is 0 Å². The molecule has 20 heavy (non-hydrogen) atoms. The molecule has 0 bridgehead atoms. The Labute approximate surface area is 132 Å². The molecule has 1 amide bonds. The van der Waals surface area contributed by atoms with Crippen LogP contribution in [0.5, 0.6) is 0 Å². The lowest BCUT2D eigenvalue weighted by atomic mass is 10.3. The first kappa shape index (κ1) is 14.8. The minimum Gasteiger partial charge on any atom is -0.398 e. The zero-order valence-corrected chi connectivity index (χ0v) is 13.4. The SMILES string of the molecule is Nc1cc(Br)c(=O)n(CC(=O)Nc2ccc(Br)cc2)c1. The summed E-state index contributed by atoms with van der Waals surface area (Å²) in [5.41, 5.74) is 6.42. The molecule has 0 atom stereocenters. The van der Waals surface area contributed by atoms with Crippen LogP contribution in [0.25, 0.3) is 0 Å². The third kappa shape index (κ3) is 3.71. The second kappa shape index (κ2) is 6.23. The first-order valence-corrected chi connectivity index (χ1v) is 7.25. The molecular formula is C13H11Br2N3O2. The Kier molecular flexibility index (Phi) is 4.61. The van der Waals surface area contributed by atoms with Crippen molar-refractivity contribution < 1.29 is 4.79 Å². The lowest BCUT2D eigenvalue weighted by molar-refractivity contribution is -0.116. The standard InChI is InChI=1S/C13H11Br2N3O2/c14-8-1-3-10(4-2-8)17-12(19)7-18-6-9(16)5-11(15)13(18)20/h1-6H,7,16H2,(H,17,19). The van der Waals surface area contributed by atoms with E-state index in [4.69, 9.17) is 5.73 Å². The molecule has 1 aromatic heterocycles. The zero-order chi connectivity index (χ0) is 14.7. The van der Waals surface area contributed by atoms with Crippen LogP contribution in [-0.2, 0) is 11.3 Å². The van der Waals surface area contributed by atoms with Crippen LogP contribution in [0.1, 0.15) is 0 Å². The van der Waals surface area contributed by atoms with Gasteiger partial charge in [0.25, 0.3) is 5.56 Å². The molecule has 7 heteroatoms. The van der Waals surface area contributed by atoms with Crippen molar-refractivity contribution in [2.45, 2.75) is 6.54 Å². The quantitative estimate of drug-likeness (QED) is 0.831. The maximum absolute atomic E-state index is 11.9. The molecule has 0 radical (unpaired) electrons. The van der Waals surface area contributed by atoms with Crippen molar-refractivity contribution in [3.8, 4) is 0 Å². The molecular weight excluding hydrogens is 390 g/mol. The second-order valence-corrected chi connectivity index (χ2v) is 5.88. The van der Waals surface area contributed by atoms with E-state index in [9.17, 15) is 9.59 Å². The van der Waals surface area contributed by atoms with Gasteiger partial charge in [-0.1, -0.05) is 15.9 Å². The Balaban J connectivity index is 2.12. The first-order valence-electron chi connectivity index (χ1n) is 5.66. The topological polar surface area (TPSA) is 77.1 Å². The number of halogens is 2. The van der Waals surface area contributed by atoms with Gasteiger partial charge in [0.1, 0.15) is 6.54 Å². The monoisotopic (exact) mass is 399 g/mol. The number of amides is 1. The minimum absolute atomic E-state index is 0.0987. The number of anilines is 2. The van der Waals surface area contributed by atoms with Crippen LogP contribution in [0.15, 0.2) is 50.3 Å². The number of nitrogens with two attached hydrogens (primary N) is 1. The second-order valence-electron chi connectivity index (χ2n) is 4.11. The first-order chi connectivity index (χ1) is 9.45. The minimum atomic E-state index is -0.301. The van der Waals surface area contributed by atoms with E-state index in [0.29, 0.717) is 15.8 Å². The Hall–Kier alpha value is -1.60. The zero-order valence-electron chi connectivity index (χ0n) is 10.3. The van der Waals surface area contributed by atoms with Crippen molar-refractivity contribution in [2.24, 2.45) is 0 Å². The van der Waals surface area contributed by atoms with Crippen LogP contribution in [0.3, 0.4) is 0 Å². The Morgan fingerprint density at radius 1 is 1.25 bits per heavy atom. The van der Waals surface area contributed by atoms with Crippen molar-refractivity contribution >= 4 is 49.1 Å². The lowest BCUT2D eigenvalue weighted by Gasteiger charge is -2.08. The van der Waals surface area contributed by atoms with E-state index in [1.807, 2.05) is 12.1 Å². The van der Waals surface area contributed by atoms with Crippen LogP contribution in [-0.4, -0.2) is 10.5 Å². The van der Waals surface area contributed by atoms with Gasteiger partial charge in [0, 0.05) is 22.0 Å². The molecule has 0 aliphatic carbocycles. The number of nitrogens with one attached hydrogen (secondary N) is 1. The molecule has 5 nitrogen and oxygen atoms in total. The van der Waals surface area contributed by atoms with Gasteiger partial charge >= 0.3 is 0 Å². The predicted octanol–water partition coefficient (Wildman–Crippen LogP) is 2.59. The average molecular weight is 401 g/mol. The third-order valence-corrected chi connectivity index (χ3v) is 3.60. The molecule has 1 heterocycles. The van der Waals surface area contributed by atoms with E-state index in [0.717, 1.165) is 4.47 Å². The lowest BCUT2D eigenvalue weighted by Crippen LogP contribution is -2.28. The molecule has 3 N–H and O–H groups in total. The number of nitrogens with zero attached hydrogens (tertiary/aromatic N) is 1. The summed E-state index contributed by atoms with van der Waals surface area (Å²) < 4.78 is 2.51. The van der Waals surface area contributed by atoms with Crippen molar-refractivity contribution in [3.63, 3.8) is 0 Å². The number of benzene rings is 1. The van der Waals surface area contributed by atoms with Crippen LogP contribution >= 0.6 is 31.9 Å². The molecule has 2 aromatic rings. The Morgan fingerprint density at radius 3 is 2.55 bits per heavy atom. The van der Waals surface area contributed by atoms with Crippen molar-refractivity contribution in [3.05, 3.63) is 55.8 Å². The molecule has 0 aliphatic heterocycles. The summed E-state index contributed by atoms with van der Waals surface area (Å²) in [6, 6.07) is 8.67. The maximum Gasteiger partial charge on any atom is 0.265 e. The van der Waals surface area contributed by atoms with Gasteiger partial charge in [-0.25, -0.2) is 0 Å². The van der Waals surface area contributed by atoms with Crippen LogP contribution in [0, 0.1) is 0 Å². The summed E-state index contributed by atoms with van der Waals surface area (Å²) in [7, 11) is 0. The number of nitrogen functional groups attached to an aromatic ring is 1. The smallest absolute Gasteiger partial charge is 0.265 e. The summed E-state index contributed by atoms with van der Waals surface area (Å²) in [5, 5.41) is 2.71. The summed E-state index contributed by atoms with van der Waals surface area (Å²) in [6.45, 7) is -0.0987. The van der Waals surface area contributed by atoms with Crippen LogP contribution in [0.2, 0.25) is 0 Å². The highest BCUT2D eigenvalue weighted by atomic mass is 79.9. The summed E-state index contributed by atoms with van der Waals surface area (Å²) in [4.78, 5) is 23.7. The van der Waals surface area contributed by atoms with Gasteiger partial charge in [0.05, 0.1) is 4.47 Å².